The fourth-order valence-corrected chi connectivity index (χ4v) is 2.19. The first-order valence-electron chi connectivity index (χ1n) is 6.33. The molecule has 0 spiro atoms. The number of hydrogen-bond donors (Lipinski definition) is 1. The van der Waals surface area contributed by atoms with Crippen LogP contribution in [0.15, 0.2) is 0 Å². The highest BCUT2D eigenvalue weighted by atomic mass is 16.5. The molecule has 1 aliphatic heterocycles. The highest BCUT2D eigenvalue weighted by Gasteiger charge is 2.27. The number of aliphatic hydroxyl groups excluding tert-OH is 1. The second kappa shape index (κ2) is 7.63. The zero-order valence-corrected chi connectivity index (χ0v) is 10.9. The minimum absolute atomic E-state index is 0.0708. The number of aliphatic hydroxyl groups is 1. The predicted molar refractivity (Wildman–Crippen MR) is 65.8 cm³/mol. The smallest absolute Gasteiger partial charge is 0.239 e. The van der Waals surface area contributed by atoms with Gasteiger partial charge < -0.3 is 14.7 Å². The summed E-state index contributed by atoms with van der Waals surface area (Å²) in [7, 11) is 1.64. The molecule has 1 rings (SSSR count). The monoisotopic (exact) mass is 244 g/mol. The maximum atomic E-state index is 12.2. The third kappa shape index (κ3) is 4.26. The van der Waals surface area contributed by atoms with Crippen LogP contribution in [0, 0.1) is 0 Å². The molecule has 1 amide bonds. The first-order chi connectivity index (χ1) is 8.20. The third-order valence-corrected chi connectivity index (χ3v) is 3.29. The number of carbonyl (C=O) groups is 1. The summed E-state index contributed by atoms with van der Waals surface area (Å²) in [6.07, 6.45) is 2.22. The lowest BCUT2D eigenvalue weighted by molar-refractivity contribution is -0.135. The van der Waals surface area contributed by atoms with E-state index in [4.69, 9.17) is 9.84 Å². The number of amides is 1. The highest BCUT2D eigenvalue weighted by molar-refractivity contribution is 5.81. The molecule has 0 bridgehead atoms. The molecule has 1 unspecified atom stereocenters. The average molecular weight is 244 g/mol. The quantitative estimate of drug-likeness (QED) is 0.681. The maximum Gasteiger partial charge on any atom is 0.239 e. The van der Waals surface area contributed by atoms with Gasteiger partial charge in [-0.05, 0) is 19.8 Å². The van der Waals surface area contributed by atoms with Crippen LogP contribution in [0.25, 0.3) is 0 Å². The Bertz CT molecular complexity index is 230. The van der Waals surface area contributed by atoms with E-state index in [1.807, 2.05) is 16.7 Å². The molecule has 1 fully saturated rings. The van der Waals surface area contributed by atoms with Gasteiger partial charge in [-0.1, -0.05) is 0 Å². The van der Waals surface area contributed by atoms with Crippen LogP contribution in [0.1, 0.15) is 19.8 Å². The molecular formula is C12H24N2O3. The first kappa shape index (κ1) is 14.4. The largest absolute Gasteiger partial charge is 0.395 e. The van der Waals surface area contributed by atoms with Gasteiger partial charge in [0.15, 0.2) is 0 Å². The number of nitrogens with zero attached hydrogens (tertiary/aromatic N) is 2. The predicted octanol–water partition coefficient (Wildman–Crippen LogP) is -0.0620. The Morgan fingerprint density at radius 1 is 1.41 bits per heavy atom. The van der Waals surface area contributed by atoms with Gasteiger partial charge >= 0.3 is 0 Å². The van der Waals surface area contributed by atoms with Gasteiger partial charge in [-0.2, -0.15) is 0 Å². The molecule has 0 aromatic heterocycles. The topological polar surface area (TPSA) is 53.0 Å². The lowest BCUT2D eigenvalue weighted by atomic mass is 10.2. The number of ether oxygens (including phenoxy) is 1. The van der Waals surface area contributed by atoms with Crippen molar-refractivity contribution >= 4 is 5.91 Å². The molecule has 17 heavy (non-hydrogen) atoms. The van der Waals surface area contributed by atoms with Gasteiger partial charge in [0.05, 0.1) is 19.3 Å². The molecule has 0 saturated carbocycles. The van der Waals surface area contributed by atoms with Gasteiger partial charge in [0.1, 0.15) is 0 Å². The molecule has 0 aromatic rings. The summed E-state index contributed by atoms with van der Waals surface area (Å²) in [5.41, 5.74) is 0. The molecule has 1 N–H and O–H groups in total. The number of hydrogen-bond acceptors (Lipinski definition) is 4. The SMILES string of the molecule is COCCN(CCO)C(C)C(=O)N1CCCC1. The highest BCUT2D eigenvalue weighted by Crippen LogP contribution is 2.11. The zero-order valence-electron chi connectivity index (χ0n) is 10.9. The normalized spacial score (nSPS) is 17.8. The second-order valence-electron chi connectivity index (χ2n) is 4.46. The Hall–Kier alpha value is -0.650. The van der Waals surface area contributed by atoms with Crippen LogP contribution in [0.2, 0.25) is 0 Å². The van der Waals surface area contributed by atoms with Crippen LogP contribution in [-0.4, -0.2) is 73.4 Å². The van der Waals surface area contributed by atoms with Crippen molar-refractivity contribution < 1.29 is 14.6 Å². The molecular weight excluding hydrogens is 220 g/mol. The van der Waals surface area contributed by atoms with E-state index < -0.39 is 0 Å². The minimum atomic E-state index is -0.171. The fraction of sp³-hybridized carbons (Fsp3) is 0.917. The summed E-state index contributed by atoms with van der Waals surface area (Å²) < 4.78 is 5.03. The van der Waals surface area contributed by atoms with Crippen LogP contribution < -0.4 is 0 Å². The molecule has 100 valence electrons. The Morgan fingerprint density at radius 2 is 2.06 bits per heavy atom. The Labute approximate surface area is 103 Å². The Morgan fingerprint density at radius 3 is 2.59 bits per heavy atom. The summed E-state index contributed by atoms with van der Waals surface area (Å²) in [6, 6.07) is -0.171. The van der Waals surface area contributed by atoms with Gasteiger partial charge in [-0.3, -0.25) is 9.69 Å². The maximum absolute atomic E-state index is 12.2. The first-order valence-corrected chi connectivity index (χ1v) is 6.33. The van der Waals surface area contributed by atoms with Gasteiger partial charge in [-0.25, -0.2) is 0 Å². The van der Waals surface area contributed by atoms with E-state index in [2.05, 4.69) is 0 Å². The summed E-state index contributed by atoms with van der Waals surface area (Å²) in [6.45, 7) is 5.51. The van der Waals surface area contributed by atoms with Crippen molar-refractivity contribution in [2.24, 2.45) is 0 Å². The van der Waals surface area contributed by atoms with Crippen LogP contribution in [0.5, 0.6) is 0 Å². The van der Waals surface area contributed by atoms with Gasteiger partial charge in [0, 0.05) is 33.3 Å². The van der Waals surface area contributed by atoms with Crippen molar-refractivity contribution in [2.75, 3.05) is 46.5 Å². The zero-order chi connectivity index (χ0) is 12.7. The lowest BCUT2D eigenvalue weighted by Gasteiger charge is -2.30. The van der Waals surface area contributed by atoms with Crippen molar-refractivity contribution in [1.82, 2.24) is 9.80 Å². The standard InChI is InChI=1S/C12H24N2O3/c1-11(12(16)14-5-3-4-6-14)13(7-9-15)8-10-17-2/h11,15H,3-10H2,1-2H3. The number of rotatable bonds is 7. The van der Waals surface area contributed by atoms with Crippen molar-refractivity contribution in [3.05, 3.63) is 0 Å². The lowest BCUT2D eigenvalue weighted by Crippen LogP contribution is -2.48. The van der Waals surface area contributed by atoms with Crippen molar-refractivity contribution in [3.63, 3.8) is 0 Å². The van der Waals surface area contributed by atoms with Crippen LogP contribution in [0.3, 0.4) is 0 Å². The third-order valence-electron chi connectivity index (χ3n) is 3.29. The second-order valence-corrected chi connectivity index (χ2v) is 4.46. The van der Waals surface area contributed by atoms with E-state index in [0.717, 1.165) is 25.9 Å². The molecule has 1 aliphatic rings. The molecule has 5 heteroatoms. The van der Waals surface area contributed by atoms with Crippen LogP contribution in [0.4, 0.5) is 0 Å². The van der Waals surface area contributed by atoms with E-state index in [9.17, 15) is 4.79 Å². The molecule has 0 aliphatic carbocycles. The molecule has 5 nitrogen and oxygen atoms in total. The van der Waals surface area contributed by atoms with E-state index in [-0.39, 0.29) is 18.6 Å². The summed E-state index contributed by atoms with van der Waals surface area (Å²) in [5.74, 6) is 0.173. The number of carbonyl (C=O) groups excluding carboxylic acids is 1. The Balaban J connectivity index is 2.49. The van der Waals surface area contributed by atoms with Crippen molar-refractivity contribution in [2.45, 2.75) is 25.8 Å². The fourth-order valence-electron chi connectivity index (χ4n) is 2.19. The van der Waals surface area contributed by atoms with Crippen LogP contribution in [-0.2, 0) is 9.53 Å². The number of likely N-dealkylation sites (tertiary alicyclic amines) is 1. The minimum Gasteiger partial charge on any atom is -0.395 e. The molecule has 0 aromatic carbocycles. The van der Waals surface area contributed by atoms with Crippen molar-refractivity contribution in [1.29, 1.82) is 0 Å². The number of methoxy groups -OCH3 is 1. The summed E-state index contributed by atoms with van der Waals surface area (Å²) >= 11 is 0. The van der Waals surface area contributed by atoms with Gasteiger partial charge in [0.2, 0.25) is 5.91 Å². The van der Waals surface area contributed by atoms with Crippen LogP contribution >= 0.6 is 0 Å². The van der Waals surface area contributed by atoms with E-state index in [0.29, 0.717) is 19.7 Å². The molecule has 1 heterocycles. The van der Waals surface area contributed by atoms with Gasteiger partial charge in [-0.15, -0.1) is 0 Å². The van der Waals surface area contributed by atoms with E-state index in [1.165, 1.54) is 0 Å². The average Bonchev–Trinajstić information content (AvgIpc) is 2.86. The van der Waals surface area contributed by atoms with Crippen molar-refractivity contribution in [3.8, 4) is 0 Å². The van der Waals surface area contributed by atoms with E-state index >= 15 is 0 Å². The van der Waals surface area contributed by atoms with E-state index in [1.54, 1.807) is 7.11 Å². The van der Waals surface area contributed by atoms with Gasteiger partial charge in [0.25, 0.3) is 0 Å². The summed E-state index contributed by atoms with van der Waals surface area (Å²) in [5, 5.41) is 9.02. The molecule has 1 saturated heterocycles. The molecule has 1 atom stereocenters. The Kier molecular flexibility index (Phi) is 6.47. The molecule has 0 radical (unpaired) electrons. The summed E-state index contributed by atoms with van der Waals surface area (Å²) in [4.78, 5) is 16.1.